The van der Waals surface area contributed by atoms with E-state index in [1.54, 1.807) is 6.20 Å². The van der Waals surface area contributed by atoms with Gasteiger partial charge in [-0.15, -0.1) is 0 Å². The molecule has 0 spiro atoms. The molecule has 0 saturated carbocycles. The van der Waals surface area contributed by atoms with Crippen LogP contribution in [-0.4, -0.2) is 28.0 Å². The molecule has 1 rings (SSSR count). The highest BCUT2D eigenvalue weighted by atomic mass is 79.9. The summed E-state index contributed by atoms with van der Waals surface area (Å²) in [4.78, 5) is 11.7. The molecule has 0 radical (unpaired) electrons. The maximum atomic E-state index is 11.7. The zero-order valence-electron chi connectivity index (χ0n) is 9.40. The Morgan fingerprint density at radius 3 is 2.94 bits per heavy atom. The molecule has 1 aromatic rings. The summed E-state index contributed by atoms with van der Waals surface area (Å²) in [6, 6.07) is 0. The van der Waals surface area contributed by atoms with E-state index in [4.69, 9.17) is 5.11 Å². The molecular weight excluding hydrogens is 274 g/mol. The second-order valence-corrected chi connectivity index (χ2v) is 4.45. The molecule has 0 aliphatic carbocycles. The van der Waals surface area contributed by atoms with E-state index in [-0.39, 0.29) is 18.1 Å². The first-order chi connectivity index (χ1) is 7.60. The molecule has 2 N–H and O–H groups in total. The Morgan fingerprint density at radius 2 is 2.38 bits per heavy atom. The number of halogens is 1. The third kappa shape index (κ3) is 3.05. The number of rotatable bonds is 5. The van der Waals surface area contributed by atoms with Crippen molar-refractivity contribution in [3.8, 4) is 0 Å². The van der Waals surface area contributed by atoms with Crippen LogP contribution in [-0.2, 0) is 6.54 Å². The molecule has 0 aliphatic heterocycles. The normalized spacial score (nSPS) is 12.5. The van der Waals surface area contributed by atoms with Gasteiger partial charge in [-0.3, -0.25) is 4.79 Å². The molecule has 0 aliphatic rings. The Kier molecular flexibility index (Phi) is 4.95. The number of aliphatic hydroxyl groups excluding tert-OH is 1. The number of nitrogens with zero attached hydrogens (tertiary/aromatic N) is 2. The summed E-state index contributed by atoms with van der Waals surface area (Å²) in [5.74, 6) is 0.139. The van der Waals surface area contributed by atoms with Crippen molar-refractivity contribution in [3.05, 3.63) is 21.0 Å². The van der Waals surface area contributed by atoms with Gasteiger partial charge in [0, 0.05) is 19.7 Å². The lowest BCUT2D eigenvalue weighted by Gasteiger charge is -2.12. The van der Waals surface area contributed by atoms with Crippen molar-refractivity contribution in [2.24, 2.45) is 5.92 Å². The van der Waals surface area contributed by atoms with Crippen LogP contribution < -0.4 is 10.9 Å². The van der Waals surface area contributed by atoms with Crippen molar-refractivity contribution in [1.82, 2.24) is 9.78 Å². The van der Waals surface area contributed by atoms with Gasteiger partial charge in [0.25, 0.3) is 5.56 Å². The van der Waals surface area contributed by atoms with Crippen LogP contribution in [0.4, 0.5) is 5.69 Å². The number of hydrogen-bond acceptors (Lipinski definition) is 4. The van der Waals surface area contributed by atoms with Crippen molar-refractivity contribution in [3.63, 3.8) is 0 Å². The number of hydrogen-bond donors (Lipinski definition) is 2. The summed E-state index contributed by atoms with van der Waals surface area (Å²) in [5.41, 5.74) is 0.513. The van der Waals surface area contributed by atoms with Gasteiger partial charge in [0.1, 0.15) is 4.47 Å². The predicted molar refractivity (Wildman–Crippen MR) is 66.6 cm³/mol. The quantitative estimate of drug-likeness (QED) is 0.851. The Labute approximate surface area is 103 Å². The van der Waals surface area contributed by atoms with E-state index in [1.165, 1.54) is 4.68 Å². The van der Waals surface area contributed by atoms with E-state index >= 15 is 0 Å². The number of aryl methyl sites for hydroxylation is 1. The molecule has 1 unspecified atom stereocenters. The number of aliphatic hydroxyl groups is 1. The topological polar surface area (TPSA) is 67.2 Å². The van der Waals surface area contributed by atoms with Crippen molar-refractivity contribution in [1.29, 1.82) is 0 Å². The molecule has 1 aromatic heterocycles. The lowest BCUT2D eigenvalue weighted by atomic mass is 10.2. The smallest absolute Gasteiger partial charge is 0.283 e. The summed E-state index contributed by atoms with van der Waals surface area (Å²) in [5, 5.41) is 16.0. The largest absolute Gasteiger partial charge is 0.396 e. The third-order valence-corrected chi connectivity index (χ3v) is 3.00. The number of anilines is 1. The van der Waals surface area contributed by atoms with Crippen molar-refractivity contribution < 1.29 is 5.11 Å². The van der Waals surface area contributed by atoms with Gasteiger partial charge in [-0.25, -0.2) is 4.68 Å². The van der Waals surface area contributed by atoms with Gasteiger partial charge in [-0.1, -0.05) is 6.92 Å². The minimum absolute atomic E-state index is 0.115. The maximum Gasteiger partial charge on any atom is 0.283 e. The van der Waals surface area contributed by atoms with Crippen LogP contribution in [0.25, 0.3) is 0 Å². The fraction of sp³-hybridized carbons (Fsp3) is 0.600. The second kappa shape index (κ2) is 6.00. The van der Waals surface area contributed by atoms with Gasteiger partial charge in [0.2, 0.25) is 0 Å². The second-order valence-electron chi connectivity index (χ2n) is 3.66. The third-order valence-electron chi connectivity index (χ3n) is 2.24. The molecule has 6 heteroatoms. The molecule has 16 heavy (non-hydrogen) atoms. The van der Waals surface area contributed by atoms with E-state index in [0.717, 1.165) is 0 Å². The molecule has 0 aromatic carbocycles. The summed E-state index contributed by atoms with van der Waals surface area (Å²) >= 11 is 3.25. The zero-order valence-corrected chi connectivity index (χ0v) is 11.0. The van der Waals surface area contributed by atoms with Crippen LogP contribution in [0.15, 0.2) is 15.5 Å². The molecule has 0 bridgehead atoms. The van der Waals surface area contributed by atoms with Crippen LogP contribution in [0.2, 0.25) is 0 Å². The SMILES string of the molecule is CCn1ncc(NCC(C)CO)c(Br)c1=O. The average molecular weight is 290 g/mol. The zero-order chi connectivity index (χ0) is 12.1. The van der Waals surface area contributed by atoms with Crippen molar-refractivity contribution in [2.75, 3.05) is 18.5 Å². The van der Waals surface area contributed by atoms with E-state index in [2.05, 4.69) is 26.3 Å². The van der Waals surface area contributed by atoms with Crippen LogP contribution >= 0.6 is 15.9 Å². The van der Waals surface area contributed by atoms with Crippen LogP contribution in [0.1, 0.15) is 13.8 Å². The first-order valence-corrected chi connectivity index (χ1v) is 5.99. The molecule has 5 nitrogen and oxygen atoms in total. The highest BCUT2D eigenvalue weighted by Crippen LogP contribution is 2.16. The van der Waals surface area contributed by atoms with Gasteiger partial charge >= 0.3 is 0 Å². The number of aromatic nitrogens is 2. The van der Waals surface area contributed by atoms with Gasteiger partial charge in [0.05, 0.1) is 11.9 Å². The molecule has 1 heterocycles. The molecule has 0 fully saturated rings. The Bertz CT molecular complexity index is 406. The van der Waals surface area contributed by atoms with Gasteiger partial charge < -0.3 is 10.4 Å². The number of nitrogens with one attached hydrogen (secondary N) is 1. The Balaban J connectivity index is 2.83. The van der Waals surface area contributed by atoms with E-state index in [1.807, 2.05) is 13.8 Å². The van der Waals surface area contributed by atoms with E-state index < -0.39 is 0 Å². The van der Waals surface area contributed by atoms with Gasteiger partial charge in [0.15, 0.2) is 0 Å². The lowest BCUT2D eigenvalue weighted by Crippen LogP contribution is -2.24. The van der Waals surface area contributed by atoms with Crippen molar-refractivity contribution >= 4 is 21.6 Å². The summed E-state index contributed by atoms with van der Waals surface area (Å²) in [6.45, 7) is 5.05. The first-order valence-electron chi connectivity index (χ1n) is 5.20. The minimum Gasteiger partial charge on any atom is -0.396 e. The van der Waals surface area contributed by atoms with Crippen LogP contribution in [0, 0.1) is 5.92 Å². The first kappa shape index (κ1) is 13.2. The van der Waals surface area contributed by atoms with Gasteiger partial charge in [-0.05, 0) is 28.8 Å². The summed E-state index contributed by atoms with van der Waals surface area (Å²) in [6.07, 6.45) is 1.61. The van der Waals surface area contributed by atoms with Crippen LogP contribution in [0.5, 0.6) is 0 Å². The molecule has 0 saturated heterocycles. The van der Waals surface area contributed by atoms with E-state index in [0.29, 0.717) is 23.2 Å². The fourth-order valence-electron chi connectivity index (χ4n) is 1.16. The molecular formula is C10H16BrN3O2. The standard InChI is InChI=1S/C10H16BrN3O2/c1-3-14-10(16)9(11)8(5-13-14)12-4-7(2)6-15/h5,7,12,15H,3-4,6H2,1-2H3. The van der Waals surface area contributed by atoms with E-state index in [9.17, 15) is 4.79 Å². The highest BCUT2D eigenvalue weighted by Gasteiger charge is 2.08. The molecule has 90 valence electrons. The predicted octanol–water partition coefficient (Wildman–Crippen LogP) is 1.07. The summed E-state index contributed by atoms with van der Waals surface area (Å²) < 4.78 is 1.86. The summed E-state index contributed by atoms with van der Waals surface area (Å²) in [7, 11) is 0. The highest BCUT2D eigenvalue weighted by molar-refractivity contribution is 9.10. The van der Waals surface area contributed by atoms with Crippen molar-refractivity contribution in [2.45, 2.75) is 20.4 Å². The Morgan fingerprint density at radius 1 is 1.69 bits per heavy atom. The monoisotopic (exact) mass is 289 g/mol. The fourth-order valence-corrected chi connectivity index (χ4v) is 1.61. The van der Waals surface area contributed by atoms with Gasteiger partial charge in [-0.2, -0.15) is 5.10 Å². The average Bonchev–Trinajstić information content (AvgIpc) is 2.30. The Hall–Kier alpha value is -0.880. The molecule has 1 atom stereocenters. The molecule has 0 amide bonds. The maximum absolute atomic E-state index is 11.7. The minimum atomic E-state index is -0.149. The van der Waals surface area contributed by atoms with Crippen LogP contribution in [0.3, 0.4) is 0 Å². The lowest BCUT2D eigenvalue weighted by molar-refractivity contribution is 0.244.